The van der Waals surface area contributed by atoms with E-state index in [2.05, 4.69) is 6.92 Å². The fraction of sp³-hybridized carbons (Fsp3) is 0.429. The highest BCUT2D eigenvalue weighted by atomic mass is 16.4. The fourth-order valence-corrected chi connectivity index (χ4v) is 0.370. The number of rotatable bonds is 2. The molecule has 0 bridgehead atoms. The number of carbonyl (C=O) groups is 1. The summed E-state index contributed by atoms with van der Waals surface area (Å²) in [6.45, 7) is 6.93. The van der Waals surface area contributed by atoms with Crippen LogP contribution in [0.5, 0.6) is 0 Å². The first-order valence-electron chi connectivity index (χ1n) is 2.78. The minimum Gasteiger partial charge on any atom is -0.478 e. The summed E-state index contributed by atoms with van der Waals surface area (Å²) in [5.41, 5.74) is 1.24. The molecule has 9 heavy (non-hydrogen) atoms. The van der Waals surface area contributed by atoms with Crippen LogP contribution < -0.4 is 0 Å². The van der Waals surface area contributed by atoms with E-state index in [1.165, 1.54) is 0 Å². The van der Waals surface area contributed by atoms with Gasteiger partial charge >= 0.3 is 5.97 Å². The fourth-order valence-electron chi connectivity index (χ4n) is 0.370. The first-order chi connectivity index (χ1) is 4.09. The van der Waals surface area contributed by atoms with Crippen LogP contribution in [0.2, 0.25) is 0 Å². The number of carboxylic acids is 1. The minimum absolute atomic E-state index is 0.407. The zero-order valence-corrected chi connectivity index (χ0v) is 5.77. The van der Waals surface area contributed by atoms with E-state index in [1.54, 1.807) is 13.8 Å². The van der Waals surface area contributed by atoms with Crippen LogP contribution in [0, 0.1) is 6.92 Å². The van der Waals surface area contributed by atoms with Gasteiger partial charge in [-0.05, 0) is 27.2 Å². The highest BCUT2D eigenvalue weighted by molar-refractivity contribution is 5.86. The molecule has 0 aromatic heterocycles. The molecule has 0 aliphatic heterocycles. The van der Waals surface area contributed by atoms with Crippen molar-refractivity contribution in [2.75, 3.05) is 0 Å². The third kappa shape index (κ3) is 2.31. The molecule has 0 atom stereocenters. The maximum Gasteiger partial charge on any atom is 0.331 e. The topological polar surface area (TPSA) is 37.3 Å². The predicted molar refractivity (Wildman–Crippen MR) is 36.0 cm³/mol. The largest absolute Gasteiger partial charge is 0.478 e. The normalized spacial score (nSPS) is 12.8. The summed E-state index contributed by atoms with van der Waals surface area (Å²) in [7, 11) is 0. The van der Waals surface area contributed by atoms with Crippen LogP contribution in [0.25, 0.3) is 0 Å². The van der Waals surface area contributed by atoms with Crippen molar-refractivity contribution in [2.24, 2.45) is 0 Å². The summed E-state index contributed by atoms with van der Waals surface area (Å²) in [6, 6.07) is 0. The lowest BCUT2D eigenvalue weighted by atomic mass is 10.1. The Hall–Kier alpha value is -0.790. The molecule has 0 saturated carbocycles. The average molecular weight is 127 g/mol. The van der Waals surface area contributed by atoms with Gasteiger partial charge < -0.3 is 5.11 Å². The van der Waals surface area contributed by atoms with Crippen molar-refractivity contribution in [3.05, 3.63) is 18.1 Å². The Morgan fingerprint density at radius 3 is 2.11 bits per heavy atom. The summed E-state index contributed by atoms with van der Waals surface area (Å²) in [5, 5.41) is 8.40. The first-order valence-corrected chi connectivity index (χ1v) is 2.78. The molecule has 0 fully saturated rings. The molecule has 51 valence electrons. The van der Waals surface area contributed by atoms with E-state index in [-0.39, 0.29) is 0 Å². The van der Waals surface area contributed by atoms with Crippen molar-refractivity contribution in [3.8, 4) is 0 Å². The standard InChI is InChI=1S/C7H11O2/c1-4-5(2)6(3)7(8)9/h1,4H2,2-3H3,(H,8,9). The van der Waals surface area contributed by atoms with Crippen molar-refractivity contribution in [2.45, 2.75) is 20.3 Å². The maximum atomic E-state index is 10.2. The van der Waals surface area contributed by atoms with Gasteiger partial charge in [-0.1, -0.05) is 5.57 Å². The summed E-state index contributed by atoms with van der Waals surface area (Å²) >= 11 is 0. The van der Waals surface area contributed by atoms with Crippen molar-refractivity contribution in [3.63, 3.8) is 0 Å². The molecule has 2 nitrogen and oxygen atoms in total. The van der Waals surface area contributed by atoms with Crippen LogP contribution in [-0.2, 0) is 4.79 Å². The molecule has 1 N–H and O–H groups in total. The van der Waals surface area contributed by atoms with Crippen LogP contribution >= 0.6 is 0 Å². The van der Waals surface area contributed by atoms with Gasteiger partial charge in [0, 0.05) is 5.57 Å². The van der Waals surface area contributed by atoms with Gasteiger partial charge in [-0.3, -0.25) is 0 Å². The second kappa shape index (κ2) is 3.28. The van der Waals surface area contributed by atoms with Crippen molar-refractivity contribution >= 4 is 5.97 Å². The van der Waals surface area contributed by atoms with Crippen LogP contribution in [0.15, 0.2) is 11.1 Å². The van der Waals surface area contributed by atoms with Crippen molar-refractivity contribution in [1.82, 2.24) is 0 Å². The molecule has 0 rings (SSSR count). The first kappa shape index (κ1) is 8.21. The molecule has 0 amide bonds. The Balaban J connectivity index is 4.28. The number of hydrogen-bond donors (Lipinski definition) is 1. The molecule has 0 aliphatic rings. The molecule has 0 aliphatic carbocycles. The smallest absolute Gasteiger partial charge is 0.331 e. The van der Waals surface area contributed by atoms with Gasteiger partial charge in [-0.2, -0.15) is 0 Å². The summed E-state index contributed by atoms with van der Waals surface area (Å²) < 4.78 is 0. The second-order valence-corrected chi connectivity index (χ2v) is 1.96. The van der Waals surface area contributed by atoms with Crippen LogP contribution in [0.1, 0.15) is 20.3 Å². The molecule has 0 unspecified atom stereocenters. The molecule has 0 aromatic rings. The third-order valence-electron chi connectivity index (χ3n) is 1.34. The summed E-state index contributed by atoms with van der Waals surface area (Å²) in [5.74, 6) is -0.851. The summed E-state index contributed by atoms with van der Waals surface area (Å²) in [4.78, 5) is 10.2. The number of hydrogen-bond acceptors (Lipinski definition) is 1. The lowest BCUT2D eigenvalue weighted by Crippen LogP contribution is -1.98. The van der Waals surface area contributed by atoms with E-state index >= 15 is 0 Å². The Morgan fingerprint density at radius 2 is 2.00 bits per heavy atom. The number of allylic oxidation sites excluding steroid dienone is 1. The third-order valence-corrected chi connectivity index (χ3v) is 1.34. The molecule has 0 aromatic carbocycles. The van der Waals surface area contributed by atoms with E-state index in [9.17, 15) is 4.79 Å². The second-order valence-electron chi connectivity index (χ2n) is 1.96. The SMILES string of the molecule is [CH2]CC(C)=C(C)C(=O)O. The minimum atomic E-state index is -0.851. The molecule has 1 radical (unpaired) electrons. The Kier molecular flexibility index (Phi) is 2.99. The quantitative estimate of drug-likeness (QED) is 0.572. The van der Waals surface area contributed by atoms with E-state index < -0.39 is 5.97 Å². The Bertz CT molecular complexity index is 145. The van der Waals surface area contributed by atoms with Gasteiger partial charge in [-0.15, -0.1) is 0 Å². The van der Waals surface area contributed by atoms with E-state index in [4.69, 9.17) is 5.11 Å². The molecule has 0 saturated heterocycles. The van der Waals surface area contributed by atoms with Gasteiger partial charge in [0.15, 0.2) is 0 Å². The highest BCUT2D eigenvalue weighted by Crippen LogP contribution is 2.05. The average Bonchev–Trinajstić information content (AvgIpc) is 1.84. The Labute approximate surface area is 55.2 Å². The zero-order chi connectivity index (χ0) is 7.44. The van der Waals surface area contributed by atoms with E-state index in [1.807, 2.05) is 0 Å². The highest BCUT2D eigenvalue weighted by Gasteiger charge is 2.01. The lowest BCUT2D eigenvalue weighted by molar-refractivity contribution is -0.132. The van der Waals surface area contributed by atoms with Gasteiger partial charge in [0.2, 0.25) is 0 Å². The van der Waals surface area contributed by atoms with Crippen LogP contribution in [0.3, 0.4) is 0 Å². The predicted octanol–water partition coefficient (Wildman–Crippen LogP) is 1.63. The maximum absolute atomic E-state index is 10.2. The molecule has 0 heterocycles. The summed E-state index contributed by atoms with van der Waals surface area (Å²) in [6.07, 6.45) is 0.568. The monoisotopic (exact) mass is 127 g/mol. The number of aliphatic carboxylic acids is 1. The molecule has 0 spiro atoms. The van der Waals surface area contributed by atoms with Gasteiger partial charge in [0.25, 0.3) is 0 Å². The molecular weight excluding hydrogens is 116 g/mol. The van der Waals surface area contributed by atoms with Crippen molar-refractivity contribution in [1.29, 1.82) is 0 Å². The molecule has 2 heteroatoms. The van der Waals surface area contributed by atoms with Crippen molar-refractivity contribution < 1.29 is 9.90 Å². The van der Waals surface area contributed by atoms with E-state index in [0.29, 0.717) is 12.0 Å². The lowest BCUT2D eigenvalue weighted by Gasteiger charge is -1.97. The van der Waals surface area contributed by atoms with Crippen LogP contribution in [-0.4, -0.2) is 11.1 Å². The number of carboxylic acid groups (broad SMARTS) is 1. The zero-order valence-electron chi connectivity index (χ0n) is 5.77. The molecular formula is C7H11O2. The van der Waals surface area contributed by atoms with Gasteiger partial charge in [0.05, 0.1) is 0 Å². The van der Waals surface area contributed by atoms with E-state index in [0.717, 1.165) is 5.57 Å². The Morgan fingerprint density at radius 1 is 1.56 bits per heavy atom. The van der Waals surface area contributed by atoms with Gasteiger partial charge in [-0.25, -0.2) is 4.79 Å². The van der Waals surface area contributed by atoms with Gasteiger partial charge in [0.1, 0.15) is 0 Å². The van der Waals surface area contributed by atoms with Crippen LogP contribution in [0.4, 0.5) is 0 Å².